The molecule has 3 rings (SSSR count). The number of halogens is 1. The molecule has 0 aliphatic carbocycles. The number of nitrogens with one attached hydrogen (secondary N) is 1. The summed E-state index contributed by atoms with van der Waals surface area (Å²) in [5.74, 6) is -0.328. The van der Waals surface area contributed by atoms with E-state index >= 15 is 0 Å². The number of aromatic nitrogens is 3. The van der Waals surface area contributed by atoms with Gasteiger partial charge in [-0.1, -0.05) is 24.9 Å². The van der Waals surface area contributed by atoms with Gasteiger partial charge in [-0.3, -0.25) is 14.4 Å². The van der Waals surface area contributed by atoms with Gasteiger partial charge in [0, 0.05) is 42.4 Å². The number of carbonyl (C=O) groups is 2. The van der Waals surface area contributed by atoms with Crippen molar-refractivity contribution in [1.82, 2.24) is 19.7 Å². The fourth-order valence-electron chi connectivity index (χ4n) is 3.54. The number of unbranched alkanes of at least 4 members (excludes halogenated alkanes) is 1. The number of hydrogen-bond acceptors (Lipinski definition) is 4. The fourth-order valence-corrected chi connectivity index (χ4v) is 3.67. The first-order chi connectivity index (χ1) is 15.3. The summed E-state index contributed by atoms with van der Waals surface area (Å²) in [6, 6.07) is 11.8. The largest absolute Gasteiger partial charge is 0.354 e. The second kappa shape index (κ2) is 10.4. The van der Waals surface area contributed by atoms with Crippen molar-refractivity contribution in [2.24, 2.45) is 7.05 Å². The average Bonchev–Trinajstić information content (AvgIpc) is 3.03. The number of carbonyl (C=O) groups excluding carboxylic acids is 2. The van der Waals surface area contributed by atoms with E-state index in [4.69, 9.17) is 11.6 Å². The third kappa shape index (κ3) is 5.53. The lowest BCUT2D eigenvalue weighted by Gasteiger charge is -2.10. The van der Waals surface area contributed by atoms with Gasteiger partial charge >= 0.3 is 0 Å². The second-order valence-corrected chi connectivity index (χ2v) is 8.20. The zero-order chi connectivity index (χ0) is 23.3. The molecule has 1 aromatic carbocycles. The number of ketones is 1. The maximum absolute atomic E-state index is 13.0. The number of nitrogens with zero attached hydrogens (tertiary/aromatic N) is 3. The van der Waals surface area contributed by atoms with Gasteiger partial charge in [0.25, 0.3) is 5.56 Å². The van der Waals surface area contributed by atoms with Crippen LogP contribution in [0.15, 0.2) is 47.3 Å². The van der Waals surface area contributed by atoms with Gasteiger partial charge in [0.15, 0.2) is 0 Å². The summed E-state index contributed by atoms with van der Waals surface area (Å²) < 4.78 is 3.02. The van der Waals surface area contributed by atoms with Gasteiger partial charge in [-0.15, -0.1) is 0 Å². The van der Waals surface area contributed by atoms with Crippen molar-refractivity contribution in [2.45, 2.75) is 39.7 Å². The molecule has 0 aliphatic rings. The van der Waals surface area contributed by atoms with Crippen molar-refractivity contribution < 1.29 is 9.59 Å². The van der Waals surface area contributed by atoms with Crippen LogP contribution < -0.4 is 10.9 Å². The van der Waals surface area contributed by atoms with Gasteiger partial charge in [0.1, 0.15) is 6.54 Å². The molecule has 1 amide bonds. The molecule has 3 aromatic rings. The van der Waals surface area contributed by atoms with Crippen molar-refractivity contribution >= 4 is 23.3 Å². The van der Waals surface area contributed by atoms with Crippen LogP contribution in [0.25, 0.3) is 0 Å². The smallest absolute Gasteiger partial charge is 0.267 e. The molecule has 2 aromatic heterocycles. The van der Waals surface area contributed by atoms with E-state index in [1.165, 1.54) is 10.7 Å². The molecule has 0 saturated carbocycles. The molecule has 0 spiro atoms. The van der Waals surface area contributed by atoms with Crippen LogP contribution in [0.1, 0.15) is 52.8 Å². The Morgan fingerprint density at radius 3 is 2.53 bits per heavy atom. The minimum Gasteiger partial charge on any atom is -0.354 e. The van der Waals surface area contributed by atoms with Crippen LogP contribution in [-0.2, 0) is 24.8 Å². The molecule has 168 valence electrons. The Kier molecular flexibility index (Phi) is 7.64. The van der Waals surface area contributed by atoms with Crippen molar-refractivity contribution in [2.75, 3.05) is 6.54 Å². The molecule has 7 nitrogen and oxygen atoms in total. The van der Waals surface area contributed by atoms with E-state index in [0.717, 1.165) is 24.1 Å². The van der Waals surface area contributed by atoms with Crippen LogP contribution in [0, 0.1) is 6.92 Å². The fraction of sp³-hybridized carbons (Fsp3) is 0.333. The summed E-state index contributed by atoms with van der Waals surface area (Å²) in [4.78, 5) is 37.3. The van der Waals surface area contributed by atoms with Gasteiger partial charge in [-0.05, 0) is 55.3 Å². The first-order valence-corrected chi connectivity index (χ1v) is 11.0. The molecule has 0 saturated heterocycles. The Labute approximate surface area is 192 Å². The van der Waals surface area contributed by atoms with Crippen LogP contribution in [0.5, 0.6) is 0 Å². The first kappa shape index (κ1) is 23.5. The number of amides is 1. The molecule has 2 heterocycles. The zero-order valence-electron chi connectivity index (χ0n) is 18.5. The summed E-state index contributed by atoms with van der Waals surface area (Å²) in [6.07, 6.45) is 2.29. The molecule has 0 unspecified atom stereocenters. The first-order valence-electron chi connectivity index (χ1n) is 10.6. The number of benzene rings is 1. The number of aryl methyl sites for hydroxylation is 1. The van der Waals surface area contributed by atoms with E-state index in [-0.39, 0.29) is 23.8 Å². The maximum atomic E-state index is 13.0. The SMILES string of the molecule is CCCCNC(=O)Cn1nc(Cc2cc(C)c(C(=O)c3ccc(Cl)cc3)n2C)ccc1=O. The molecule has 0 fully saturated rings. The molecule has 1 N–H and O–H groups in total. The standard InChI is InChI=1S/C24H27ClN4O3/c1-4-5-12-26-21(30)15-29-22(31)11-10-19(27-29)14-20-13-16(2)23(28(20)3)24(32)17-6-8-18(25)9-7-17/h6-11,13H,4-5,12,14-15H2,1-3H3,(H,26,30). The predicted octanol–water partition coefficient (Wildman–Crippen LogP) is 3.28. The Morgan fingerprint density at radius 2 is 1.84 bits per heavy atom. The summed E-state index contributed by atoms with van der Waals surface area (Å²) in [5, 5.41) is 7.73. The normalized spacial score (nSPS) is 10.9. The molecule has 0 aliphatic heterocycles. The Morgan fingerprint density at radius 1 is 1.12 bits per heavy atom. The Hall–Kier alpha value is -3.19. The van der Waals surface area contributed by atoms with Gasteiger partial charge < -0.3 is 9.88 Å². The highest BCUT2D eigenvalue weighted by molar-refractivity contribution is 6.30. The van der Waals surface area contributed by atoms with Crippen LogP contribution in [0.3, 0.4) is 0 Å². The van der Waals surface area contributed by atoms with Crippen LogP contribution >= 0.6 is 11.6 Å². The molecule has 0 radical (unpaired) electrons. The number of rotatable bonds is 9. The highest BCUT2D eigenvalue weighted by Crippen LogP contribution is 2.21. The minimum absolute atomic E-state index is 0.0883. The van der Waals surface area contributed by atoms with Crippen molar-refractivity contribution in [3.63, 3.8) is 0 Å². The third-order valence-electron chi connectivity index (χ3n) is 5.27. The van der Waals surface area contributed by atoms with E-state index in [0.29, 0.717) is 34.9 Å². The van der Waals surface area contributed by atoms with Gasteiger partial charge in [0.05, 0.1) is 11.4 Å². The summed E-state index contributed by atoms with van der Waals surface area (Å²) in [7, 11) is 1.84. The lowest BCUT2D eigenvalue weighted by atomic mass is 10.1. The molecular weight excluding hydrogens is 428 g/mol. The van der Waals surface area contributed by atoms with E-state index in [1.54, 1.807) is 30.3 Å². The summed E-state index contributed by atoms with van der Waals surface area (Å²) in [6.45, 7) is 4.39. The van der Waals surface area contributed by atoms with E-state index in [9.17, 15) is 14.4 Å². The third-order valence-corrected chi connectivity index (χ3v) is 5.53. The number of hydrogen-bond donors (Lipinski definition) is 1. The Bertz CT molecular complexity index is 1180. The molecule has 8 heteroatoms. The molecule has 32 heavy (non-hydrogen) atoms. The highest BCUT2D eigenvalue weighted by Gasteiger charge is 2.19. The van der Waals surface area contributed by atoms with Gasteiger partial charge in [-0.2, -0.15) is 5.10 Å². The lowest BCUT2D eigenvalue weighted by Crippen LogP contribution is -2.34. The minimum atomic E-state index is -0.332. The summed E-state index contributed by atoms with van der Waals surface area (Å²) >= 11 is 5.93. The predicted molar refractivity (Wildman–Crippen MR) is 124 cm³/mol. The van der Waals surface area contributed by atoms with Gasteiger partial charge in [-0.25, -0.2) is 4.68 Å². The lowest BCUT2D eigenvalue weighted by molar-refractivity contribution is -0.121. The van der Waals surface area contributed by atoms with Crippen LogP contribution in [0.4, 0.5) is 0 Å². The van der Waals surface area contributed by atoms with Crippen LogP contribution in [0.2, 0.25) is 5.02 Å². The van der Waals surface area contributed by atoms with Crippen molar-refractivity contribution in [1.29, 1.82) is 0 Å². The van der Waals surface area contributed by atoms with E-state index in [2.05, 4.69) is 10.4 Å². The second-order valence-electron chi connectivity index (χ2n) is 7.76. The monoisotopic (exact) mass is 454 g/mol. The van der Waals surface area contributed by atoms with E-state index < -0.39 is 0 Å². The quantitative estimate of drug-likeness (QED) is 0.397. The summed E-state index contributed by atoms with van der Waals surface area (Å²) in [5.41, 5.74) is 3.19. The van der Waals surface area contributed by atoms with Gasteiger partial charge in [0.2, 0.25) is 11.7 Å². The molecule has 0 bridgehead atoms. The van der Waals surface area contributed by atoms with Crippen molar-refractivity contribution in [3.05, 3.63) is 86.0 Å². The van der Waals surface area contributed by atoms with Crippen LogP contribution in [-0.4, -0.2) is 32.6 Å². The average molecular weight is 455 g/mol. The Balaban J connectivity index is 1.80. The van der Waals surface area contributed by atoms with Crippen molar-refractivity contribution in [3.8, 4) is 0 Å². The molecular formula is C24H27ClN4O3. The zero-order valence-corrected chi connectivity index (χ0v) is 19.3. The maximum Gasteiger partial charge on any atom is 0.267 e. The topological polar surface area (TPSA) is 86.0 Å². The highest BCUT2D eigenvalue weighted by atomic mass is 35.5. The molecule has 0 atom stereocenters. The van der Waals surface area contributed by atoms with E-state index in [1.807, 2.05) is 31.5 Å².